The van der Waals surface area contributed by atoms with E-state index in [-0.39, 0.29) is 0 Å². The van der Waals surface area contributed by atoms with Crippen LogP contribution in [0.5, 0.6) is 0 Å². The minimum Gasteiger partial charge on any atom is -0.390 e. The summed E-state index contributed by atoms with van der Waals surface area (Å²) in [6.45, 7) is 8.35. The molecular weight excluding hydrogens is 234 g/mol. The molecule has 0 heterocycles. The third kappa shape index (κ3) is 4.05. The lowest BCUT2D eigenvalue weighted by atomic mass is 9.93. The van der Waals surface area contributed by atoms with Gasteiger partial charge in [0.25, 0.3) is 0 Å². The van der Waals surface area contributed by atoms with Crippen molar-refractivity contribution in [3.63, 3.8) is 0 Å². The summed E-state index contributed by atoms with van der Waals surface area (Å²) in [4.78, 5) is 0. The van der Waals surface area contributed by atoms with Crippen molar-refractivity contribution in [3.8, 4) is 0 Å². The maximum absolute atomic E-state index is 10.6. The van der Waals surface area contributed by atoms with Crippen LogP contribution in [0, 0.1) is 11.8 Å². The van der Waals surface area contributed by atoms with E-state index >= 15 is 0 Å². The van der Waals surface area contributed by atoms with Gasteiger partial charge in [0.05, 0.1) is 5.60 Å². The monoisotopic (exact) mass is 261 g/mol. The van der Waals surface area contributed by atoms with E-state index in [1.165, 1.54) is 5.56 Å². The predicted molar refractivity (Wildman–Crippen MR) is 80.2 cm³/mol. The van der Waals surface area contributed by atoms with Crippen LogP contribution in [0.1, 0.15) is 45.1 Å². The topological polar surface area (TPSA) is 32.3 Å². The zero-order chi connectivity index (χ0) is 13.9. The summed E-state index contributed by atoms with van der Waals surface area (Å²) in [5.74, 6) is 1.65. The summed E-state index contributed by atoms with van der Waals surface area (Å²) < 4.78 is 0. The van der Waals surface area contributed by atoms with E-state index in [0.29, 0.717) is 17.8 Å². The smallest absolute Gasteiger partial charge is 0.0665 e. The molecule has 1 aromatic carbocycles. The van der Waals surface area contributed by atoms with Crippen LogP contribution in [-0.2, 0) is 0 Å². The fraction of sp³-hybridized carbons (Fsp3) is 0.647. The summed E-state index contributed by atoms with van der Waals surface area (Å²) in [5.41, 5.74) is 0.840. The molecule has 1 aromatic rings. The highest BCUT2D eigenvalue weighted by Crippen LogP contribution is 2.54. The SMILES string of the molecule is CC(C)CNCCC(C)(O)C1CC1c1ccccc1. The van der Waals surface area contributed by atoms with Gasteiger partial charge in [0.2, 0.25) is 0 Å². The molecule has 1 aliphatic rings. The summed E-state index contributed by atoms with van der Waals surface area (Å²) in [7, 11) is 0. The molecule has 19 heavy (non-hydrogen) atoms. The first-order valence-corrected chi connectivity index (χ1v) is 7.49. The van der Waals surface area contributed by atoms with Gasteiger partial charge in [0.15, 0.2) is 0 Å². The fourth-order valence-electron chi connectivity index (χ4n) is 2.87. The molecule has 1 saturated carbocycles. The number of hydrogen-bond donors (Lipinski definition) is 2. The summed E-state index contributed by atoms with van der Waals surface area (Å²) in [6, 6.07) is 10.6. The second-order valence-electron chi connectivity index (χ2n) is 6.56. The fourth-order valence-corrected chi connectivity index (χ4v) is 2.87. The van der Waals surface area contributed by atoms with Crippen LogP contribution >= 0.6 is 0 Å². The van der Waals surface area contributed by atoms with E-state index in [9.17, 15) is 5.11 Å². The average molecular weight is 261 g/mol. The largest absolute Gasteiger partial charge is 0.390 e. The van der Waals surface area contributed by atoms with Crippen molar-refractivity contribution in [1.29, 1.82) is 0 Å². The highest BCUT2D eigenvalue weighted by atomic mass is 16.3. The van der Waals surface area contributed by atoms with Crippen LogP contribution in [0.3, 0.4) is 0 Å². The number of benzene rings is 1. The molecule has 1 fully saturated rings. The van der Waals surface area contributed by atoms with Gasteiger partial charge in [-0.3, -0.25) is 0 Å². The van der Waals surface area contributed by atoms with Gasteiger partial charge in [0, 0.05) is 0 Å². The molecule has 2 heteroatoms. The van der Waals surface area contributed by atoms with E-state index in [4.69, 9.17) is 0 Å². The van der Waals surface area contributed by atoms with Crippen molar-refractivity contribution in [2.75, 3.05) is 13.1 Å². The summed E-state index contributed by atoms with van der Waals surface area (Å²) >= 11 is 0. The van der Waals surface area contributed by atoms with Crippen molar-refractivity contribution < 1.29 is 5.11 Å². The number of hydrogen-bond acceptors (Lipinski definition) is 2. The average Bonchev–Trinajstić information content (AvgIpc) is 3.16. The Kier molecular flexibility index (Phi) is 4.64. The van der Waals surface area contributed by atoms with Gasteiger partial charge in [-0.25, -0.2) is 0 Å². The molecule has 3 atom stereocenters. The molecule has 2 nitrogen and oxygen atoms in total. The lowest BCUT2D eigenvalue weighted by Gasteiger charge is -2.24. The Balaban J connectivity index is 1.79. The lowest BCUT2D eigenvalue weighted by molar-refractivity contribution is 0.0263. The maximum Gasteiger partial charge on any atom is 0.0665 e. The first-order valence-electron chi connectivity index (χ1n) is 7.49. The molecule has 0 spiro atoms. The van der Waals surface area contributed by atoms with Crippen LogP contribution in [0.2, 0.25) is 0 Å². The van der Waals surface area contributed by atoms with Crippen molar-refractivity contribution >= 4 is 0 Å². The first-order chi connectivity index (χ1) is 9.00. The number of aliphatic hydroxyl groups is 1. The van der Waals surface area contributed by atoms with Crippen LogP contribution in [0.4, 0.5) is 0 Å². The van der Waals surface area contributed by atoms with Crippen molar-refractivity contribution in [1.82, 2.24) is 5.32 Å². The van der Waals surface area contributed by atoms with E-state index in [1.807, 2.05) is 6.92 Å². The molecule has 106 valence electrons. The second-order valence-corrected chi connectivity index (χ2v) is 6.56. The van der Waals surface area contributed by atoms with Gasteiger partial charge >= 0.3 is 0 Å². The quantitative estimate of drug-likeness (QED) is 0.739. The highest BCUT2D eigenvalue weighted by Gasteiger charge is 2.49. The predicted octanol–water partition coefficient (Wildman–Crippen LogP) is 3.18. The summed E-state index contributed by atoms with van der Waals surface area (Å²) in [6.07, 6.45) is 1.97. The van der Waals surface area contributed by atoms with E-state index in [1.54, 1.807) is 0 Å². The highest BCUT2D eigenvalue weighted by molar-refractivity contribution is 5.27. The van der Waals surface area contributed by atoms with Gasteiger partial charge in [-0.15, -0.1) is 0 Å². The normalized spacial score (nSPS) is 25.3. The molecule has 0 radical (unpaired) electrons. The van der Waals surface area contributed by atoms with Gasteiger partial charge in [0.1, 0.15) is 0 Å². The van der Waals surface area contributed by atoms with Gasteiger partial charge < -0.3 is 10.4 Å². The zero-order valence-electron chi connectivity index (χ0n) is 12.4. The Morgan fingerprint density at radius 3 is 2.63 bits per heavy atom. The summed E-state index contributed by atoms with van der Waals surface area (Å²) in [5, 5.41) is 14.0. The van der Waals surface area contributed by atoms with Crippen molar-refractivity contribution in [2.45, 2.75) is 45.1 Å². The third-order valence-electron chi connectivity index (χ3n) is 4.18. The molecule has 0 bridgehead atoms. The zero-order valence-corrected chi connectivity index (χ0v) is 12.4. The van der Waals surface area contributed by atoms with Crippen LogP contribution in [0.25, 0.3) is 0 Å². The lowest BCUT2D eigenvalue weighted by Crippen LogP contribution is -2.33. The Hall–Kier alpha value is -0.860. The van der Waals surface area contributed by atoms with Crippen molar-refractivity contribution in [2.24, 2.45) is 11.8 Å². The minimum absolute atomic E-state index is 0.427. The molecule has 2 N–H and O–H groups in total. The molecule has 0 aromatic heterocycles. The van der Waals surface area contributed by atoms with Crippen LogP contribution in [-0.4, -0.2) is 23.8 Å². The van der Waals surface area contributed by atoms with E-state index < -0.39 is 5.60 Å². The first kappa shape index (κ1) is 14.5. The Morgan fingerprint density at radius 2 is 2.00 bits per heavy atom. The molecule has 0 saturated heterocycles. The number of nitrogens with one attached hydrogen (secondary N) is 1. The minimum atomic E-state index is -0.537. The standard InChI is InChI=1S/C17H27NO/c1-13(2)12-18-10-9-17(3,19)16-11-15(16)14-7-5-4-6-8-14/h4-8,13,15-16,18-19H,9-12H2,1-3H3. The van der Waals surface area contributed by atoms with E-state index in [0.717, 1.165) is 25.9 Å². The molecule has 2 rings (SSSR count). The van der Waals surface area contributed by atoms with Crippen LogP contribution in [0.15, 0.2) is 30.3 Å². The molecule has 0 amide bonds. The Bertz CT molecular complexity index is 386. The van der Waals surface area contributed by atoms with E-state index in [2.05, 4.69) is 49.5 Å². The second kappa shape index (κ2) is 6.06. The number of rotatable bonds is 7. The third-order valence-corrected chi connectivity index (χ3v) is 4.18. The van der Waals surface area contributed by atoms with Gasteiger partial charge in [-0.1, -0.05) is 44.2 Å². The van der Waals surface area contributed by atoms with Crippen molar-refractivity contribution in [3.05, 3.63) is 35.9 Å². The maximum atomic E-state index is 10.6. The Labute approximate surface area is 117 Å². The van der Waals surface area contributed by atoms with Crippen LogP contribution < -0.4 is 5.32 Å². The molecule has 0 aliphatic heterocycles. The van der Waals surface area contributed by atoms with Gasteiger partial charge in [-0.2, -0.15) is 0 Å². The molecule has 1 aliphatic carbocycles. The molecule has 3 unspecified atom stereocenters. The van der Waals surface area contributed by atoms with Gasteiger partial charge in [-0.05, 0) is 56.2 Å². The Morgan fingerprint density at radius 1 is 1.32 bits per heavy atom. The molecular formula is C17H27NO.